The highest BCUT2D eigenvalue weighted by Crippen LogP contribution is 2.48. The molecule has 0 radical (unpaired) electrons. The lowest BCUT2D eigenvalue weighted by Gasteiger charge is -2.27. The molecule has 3 aromatic carbocycles. The van der Waals surface area contributed by atoms with Gasteiger partial charge >= 0.3 is 0 Å². The summed E-state index contributed by atoms with van der Waals surface area (Å²) in [5.74, 6) is -1.68. The Kier molecular flexibility index (Phi) is 4.46. The molecule has 5 nitrogen and oxygen atoms in total. The van der Waals surface area contributed by atoms with Crippen LogP contribution < -0.4 is 4.90 Å². The van der Waals surface area contributed by atoms with Crippen LogP contribution in [0.4, 0.5) is 5.69 Å². The summed E-state index contributed by atoms with van der Waals surface area (Å²) in [5.41, 5.74) is 1.10. The number of hydrogen-bond donors (Lipinski definition) is 0. The van der Waals surface area contributed by atoms with E-state index in [0.29, 0.717) is 16.3 Å². The molecule has 32 heavy (non-hydrogen) atoms. The van der Waals surface area contributed by atoms with E-state index >= 15 is 0 Å². The molecule has 3 saturated heterocycles. The van der Waals surface area contributed by atoms with E-state index in [2.05, 4.69) is 4.90 Å². The quantitative estimate of drug-likeness (QED) is 0.445. The zero-order valence-corrected chi connectivity index (χ0v) is 18.0. The lowest BCUT2D eigenvalue weighted by atomic mass is 9.85. The van der Waals surface area contributed by atoms with Crippen molar-refractivity contribution in [3.8, 4) is 0 Å². The zero-order chi connectivity index (χ0) is 22.0. The first-order valence-corrected chi connectivity index (χ1v) is 11.3. The maximum atomic E-state index is 13.7. The fourth-order valence-corrected chi connectivity index (χ4v) is 6.00. The first-order chi connectivity index (χ1) is 15.5. The Balaban J connectivity index is 1.41. The van der Waals surface area contributed by atoms with Crippen LogP contribution >= 0.6 is 11.6 Å². The highest BCUT2D eigenvalue weighted by atomic mass is 35.5. The minimum Gasteiger partial charge on any atom is -0.292 e. The van der Waals surface area contributed by atoms with Gasteiger partial charge < -0.3 is 0 Å². The van der Waals surface area contributed by atoms with E-state index in [-0.39, 0.29) is 23.6 Å². The number of halogens is 1. The van der Waals surface area contributed by atoms with Gasteiger partial charge in [0.15, 0.2) is 5.78 Å². The molecule has 3 aliphatic rings. The molecule has 0 aliphatic carbocycles. The van der Waals surface area contributed by atoms with Crippen molar-refractivity contribution in [1.82, 2.24) is 4.90 Å². The Morgan fingerprint density at radius 1 is 0.875 bits per heavy atom. The maximum Gasteiger partial charge on any atom is 0.239 e. The number of nitrogens with zero attached hydrogens (tertiary/aromatic N) is 2. The molecule has 0 N–H and O–H groups in total. The van der Waals surface area contributed by atoms with Crippen LogP contribution in [0.2, 0.25) is 5.02 Å². The number of fused-ring (bicyclic) bond motifs is 4. The summed E-state index contributed by atoms with van der Waals surface area (Å²) in [6.07, 6.45) is 1.76. The molecule has 3 aromatic rings. The molecule has 3 aliphatic heterocycles. The molecule has 3 heterocycles. The zero-order valence-electron chi connectivity index (χ0n) is 17.3. The summed E-state index contributed by atoms with van der Waals surface area (Å²) >= 11 is 6.00. The molecule has 0 aromatic heterocycles. The number of benzene rings is 3. The highest BCUT2D eigenvalue weighted by molar-refractivity contribution is 6.30. The molecule has 0 bridgehead atoms. The van der Waals surface area contributed by atoms with Gasteiger partial charge in [0.1, 0.15) is 0 Å². The van der Waals surface area contributed by atoms with E-state index in [0.717, 1.165) is 30.2 Å². The standard InChI is InChI=1S/C26H21ClN2O3/c27-18-10-7-16(8-11-18)24(30)23-22-21(20-6-3-13-28(20)23)25(31)29(26(22)32)19-12-9-15-4-1-2-5-17(15)14-19/h1-2,4-5,7-12,14,20-23H,3,6,13H2/t20-,21-,22+,23-/m0/s1. The monoisotopic (exact) mass is 444 g/mol. The number of Topliss-reactive ketones (excluding diaryl/α,β-unsaturated/α-hetero) is 1. The predicted octanol–water partition coefficient (Wildman–Crippen LogP) is 4.33. The average Bonchev–Trinajstić information content (AvgIpc) is 3.45. The van der Waals surface area contributed by atoms with Gasteiger partial charge in [0.05, 0.1) is 23.6 Å². The lowest BCUT2D eigenvalue weighted by Crippen LogP contribution is -2.46. The molecular formula is C26H21ClN2O3. The van der Waals surface area contributed by atoms with Crippen LogP contribution in [0.1, 0.15) is 23.2 Å². The summed E-state index contributed by atoms with van der Waals surface area (Å²) in [6, 6.07) is 19.6. The molecule has 0 saturated carbocycles. The van der Waals surface area contributed by atoms with Crippen molar-refractivity contribution in [2.75, 3.05) is 11.4 Å². The van der Waals surface area contributed by atoms with Gasteiger partial charge in [0, 0.05) is 16.6 Å². The van der Waals surface area contributed by atoms with E-state index in [1.807, 2.05) is 42.5 Å². The van der Waals surface area contributed by atoms with Gasteiger partial charge in [0.25, 0.3) is 0 Å². The van der Waals surface area contributed by atoms with Crippen LogP contribution in [-0.2, 0) is 9.59 Å². The van der Waals surface area contributed by atoms with Crippen LogP contribution in [0.3, 0.4) is 0 Å². The molecule has 6 heteroatoms. The molecular weight excluding hydrogens is 424 g/mol. The summed E-state index contributed by atoms with van der Waals surface area (Å²) < 4.78 is 0. The number of amides is 2. The molecule has 160 valence electrons. The first-order valence-electron chi connectivity index (χ1n) is 11.0. The Morgan fingerprint density at radius 3 is 2.38 bits per heavy atom. The third-order valence-corrected chi connectivity index (χ3v) is 7.49. The molecule has 3 fully saturated rings. The lowest BCUT2D eigenvalue weighted by molar-refractivity contribution is -0.123. The second kappa shape index (κ2) is 7.26. The summed E-state index contributed by atoms with van der Waals surface area (Å²) in [5, 5.41) is 2.58. The van der Waals surface area contributed by atoms with E-state index in [1.165, 1.54) is 4.90 Å². The topological polar surface area (TPSA) is 57.7 Å². The smallest absolute Gasteiger partial charge is 0.239 e. The van der Waals surface area contributed by atoms with Gasteiger partial charge in [0.2, 0.25) is 11.8 Å². The Hall–Kier alpha value is -3.02. The number of carbonyl (C=O) groups is 3. The van der Waals surface area contributed by atoms with Crippen molar-refractivity contribution in [2.45, 2.75) is 24.9 Å². The maximum absolute atomic E-state index is 13.7. The van der Waals surface area contributed by atoms with E-state index in [4.69, 9.17) is 11.6 Å². The van der Waals surface area contributed by atoms with Gasteiger partial charge in [-0.1, -0.05) is 41.9 Å². The Morgan fingerprint density at radius 2 is 1.59 bits per heavy atom. The van der Waals surface area contributed by atoms with Gasteiger partial charge in [-0.2, -0.15) is 0 Å². The SMILES string of the molecule is O=C(c1ccc(Cl)cc1)[C@@H]1[C@@H]2C(=O)N(c3ccc4ccccc4c3)C(=O)[C@H]2[C@@H]2CCCN12. The largest absolute Gasteiger partial charge is 0.292 e. The third kappa shape index (κ3) is 2.78. The second-order valence-corrected chi connectivity index (χ2v) is 9.29. The molecule has 2 amide bonds. The number of anilines is 1. The highest BCUT2D eigenvalue weighted by Gasteiger charge is 2.64. The molecule has 0 spiro atoms. The fraction of sp³-hybridized carbons (Fsp3) is 0.269. The Bertz CT molecular complexity index is 1270. The van der Waals surface area contributed by atoms with Crippen LogP contribution in [0, 0.1) is 11.8 Å². The number of carbonyl (C=O) groups excluding carboxylic acids is 3. The fourth-order valence-electron chi connectivity index (χ4n) is 5.87. The second-order valence-electron chi connectivity index (χ2n) is 8.86. The van der Waals surface area contributed by atoms with E-state index in [9.17, 15) is 14.4 Å². The minimum absolute atomic E-state index is 0.0665. The third-order valence-electron chi connectivity index (χ3n) is 7.24. The van der Waals surface area contributed by atoms with Crippen molar-refractivity contribution in [1.29, 1.82) is 0 Å². The van der Waals surface area contributed by atoms with Gasteiger partial charge in [-0.25, -0.2) is 4.90 Å². The van der Waals surface area contributed by atoms with Gasteiger partial charge in [-0.15, -0.1) is 0 Å². The van der Waals surface area contributed by atoms with Crippen LogP contribution in [0.15, 0.2) is 66.7 Å². The number of imide groups is 1. The van der Waals surface area contributed by atoms with Crippen LogP contribution in [0.5, 0.6) is 0 Å². The predicted molar refractivity (Wildman–Crippen MR) is 123 cm³/mol. The van der Waals surface area contributed by atoms with Gasteiger partial charge in [-0.05, 0) is 66.6 Å². The van der Waals surface area contributed by atoms with Crippen molar-refractivity contribution >= 4 is 45.7 Å². The van der Waals surface area contributed by atoms with Crippen molar-refractivity contribution in [2.24, 2.45) is 11.8 Å². The van der Waals surface area contributed by atoms with Crippen molar-refractivity contribution in [3.05, 3.63) is 77.3 Å². The number of rotatable bonds is 3. The summed E-state index contributed by atoms with van der Waals surface area (Å²) in [7, 11) is 0. The van der Waals surface area contributed by atoms with E-state index < -0.39 is 17.9 Å². The van der Waals surface area contributed by atoms with Crippen LogP contribution in [0.25, 0.3) is 10.8 Å². The van der Waals surface area contributed by atoms with Crippen molar-refractivity contribution in [3.63, 3.8) is 0 Å². The Labute approximate surface area is 190 Å². The molecule has 0 unspecified atom stereocenters. The first kappa shape index (κ1) is 19.6. The summed E-state index contributed by atoms with van der Waals surface area (Å²) in [6.45, 7) is 0.734. The van der Waals surface area contributed by atoms with E-state index in [1.54, 1.807) is 24.3 Å². The van der Waals surface area contributed by atoms with Crippen LogP contribution in [-0.4, -0.2) is 41.1 Å². The minimum atomic E-state index is -0.651. The van der Waals surface area contributed by atoms with Gasteiger partial charge in [-0.3, -0.25) is 19.3 Å². The molecule has 4 atom stereocenters. The molecule has 6 rings (SSSR count). The normalized spacial score (nSPS) is 27.2. The summed E-state index contributed by atoms with van der Waals surface area (Å²) in [4.78, 5) is 44.2. The number of hydrogen-bond acceptors (Lipinski definition) is 4. The van der Waals surface area contributed by atoms with Crippen molar-refractivity contribution < 1.29 is 14.4 Å². The number of ketones is 1. The average molecular weight is 445 g/mol.